The third kappa shape index (κ3) is 16.5. The van der Waals surface area contributed by atoms with Gasteiger partial charge in [-0.2, -0.15) is 13.2 Å². The minimum Gasteiger partial charge on any atom is -0.485 e. The van der Waals surface area contributed by atoms with E-state index in [1.807, 2.05) is 86.7 Å². The Bertz CT molecular complexity index is 867. The molecule has 0 aromatic heterocycles. The number of nitrogens with one attached hydrogen (secondary N) is 1. The second-order valence-electron chi connectivity index (χ2n) is 9.74. The van der Waals surface area contributed by atoms with Crippen LogP contribution < -0.4 is 10.1 Å². The van der Waals surface area contributed by atoms with Crippen molar-refractivity contribution in [1.29, 1.82) is 0 Å². The Balaban J connectivity index is 0. The molecule has 2 rings (SSSR count). The molecule has 0 aliphatic carbocycles. The number of ether oxygens (including phenoxy) is 2. The van der Waals surface area contributed by atoms with E-state index in [4.69, 9.17) is 9.47 Å². The maximum Gasteiger partial charge on any atom is 0.412 e. The number of likely N-dealkylation sites (tertiary alicyclic amines) is 1. The van der Waals surface area contributed by atoms with Crippen LogP contribution in [0.1, 0.15) is 94.9 Å². The van der Waals surface area contributed by atoms with E-state index in [0.717, 1.165) is 43.3 Å². The molecule has 0 spiro atoms. The number of para-hydroxylation sites is 2. The molecule has 0 saturated carbocycles. The molecule has 1 aromatic rings. The molecule has 1 saturated heterocycles. The molecule has 1 fully saturated rings. The van der Waals surface area contributed by atoms with E-state index < -0.39 is 11.7 Å². The van der Waals surface area contributed by atoms with Crippen LogP contribution >= 0.6 is 0 Å². The third-order valence-electron chi connectivity index (χ3n) is 5.69. The fraction of sp³-hybridized carbons (Fsp3) is 0.656. The molecule has 1 aromatic carbocycles. The average molecular weight is 573 g/mol. The molecule has 1 heterocycles. The lowest BCUT2D eigenvalue weighted by molar-refractivity contribution is -0.0935. The third-order valence-corrected chi connectivity index (χ3v) is 5.69. The Labute approximate surface area is 242 Å². The lowest BCUT2D eigenvalue weighted by Crippen LogP contribution is -2.37. The summed E-state index contributed by atoms with van der Waals surface area (Å²) >= 11 is 0. The zero-order valence-corrected chi connectivity index (χ0v) is 26.7. The first kappa shape index (κ1) is 39.5. The summed E-state index contributed by atoms with van der Waals surface area (Å²) in [6.45, 7) is 20.6. The highest BCUT2D eigenvalue weighted by molar-refractivity contribution is 5.67. The Hall–Kier alpha value is -2.64. The quantitative estimate of drug-likeness (QED) is 0.330. The van der Waals surface area contributed by atoms with Gasteiger partial charge >= 0.3 is 12.3 Å². The van der Waals surface area contributed by atoms with Crippen LogP contribution in [0, 0.1) is 5.92 Å². The monoisotopic (exact) mass is 572 g/mol. The molecular formula is C32H55F3N2O3. The van der Waals surface area contributed by atoms with E-state index in [1.165, 1.54) is 13.0 Å². The highest BCUT2D eigenvalue weighted by atomic mass is 19.4. The number of hydrogen-bond donors (Lipinski definition) is 1. The predicted molar refractivity (Wildman–Crippen MR) is 163 cm³/mol. The Kier molecular flexibility index (Phi) is 20.9. The number of benzene rings is 1. The summed E-state index contributed by atoms with van der Waals surface area (Å²) < 4.78 is 48.0. The van der Waals surface area contributed by atoms with Crippen molar-refractivity contribution in [3.63, 3.8) is 0 Å². The van der Waals surface area contributed by atoms with E-state index in [0.29, 0.717) is 6.54 Å². The highest BCUT2D eigenvalue weighted by Gasteiger charge is 2.33. The van der Waals surface area contributed by atoms with Crippen LogP contribution in [-0.4, -0.2) is 49.0 Å². The van der Waals surface area contributed by atoms with Gasteiger partial charge < -0.3 is 19.7 Å². The van der Waals surface area contributed by atoms with Crippen LogP contribution in [0.3, 0.4) is 0 Å². The standard InChI is InChI=1S/C18H28N2O3.C10H15F3.2C2H6/c1-14(2)22-17(21)20-12-7-10-18(3,11-13-20)23-16-9-6-5-8-15(16)19-4;1-4-9(10(11,12)13)7-5-6-8(2)3;2*1-2/h5-6,8-9,14,19H,7,10-13H2,1-4H3;5-8H,4H2,1-3H3;2*1-2H3/b;6-5-,9-7+;;. The molecule has 1 N–H and O–H groups in total. The van der Waals surface area contributed by atoms with Crippen LogP contribution in [0.2, 0.25) is 0 Å². The van der Waals surface area contributed by atoms with E-state index in [2.05, 4.69) is 12.2 Å². The van der Waals surface area contributed by atoms with Crippen molar-refractivity contribution in [2.75, 3.05) is 25.5 Å². The maximum atomic E-state index is 12.1. The minimum atomic E-state index is -4.18. The molecule has 232 valence electrons. The number of allylic oxidation sites excluding steroid dienone is 4. The summed E-state index contributed by atoms with van der Waals surface area (Å²) in [6.07, 6.45) is 2.48. The first-order valence-corrected chi connectivity index (χ1v) is 14.7. The fourth-order valence-electron chi connectivity index (χ4n) is 3.65. The van der Waals surface area contributed by atoms with Crippen LogP contribution in [-0.2, 0) is 4.74 Å². The van der Waals surface area contributed by atoms with Crippen molar-refractivity contribution in [1.82, 2.24) is 4.90 Å². The smallest absolute Gasteiger partial charge is 0.412 e. The molecule has 1 aliphatic rings. The molecule has 8 heteroatoms. The zero-order chi connectivity index (χ0) is 31.4. The van der Waals surface area contributed by atoms with E-state index in [9.17, 15) is 18.0 Å². The molecule has 1 unspecified atom stereocenters. The number of carbonyl (C=O) groups is 1. The molecule has 1 atom stereocenters. The van der Waals surface area contributed by atoms with Gasteiger partial charge in [0.1, 0.15) is 11.4 Å². The Morgan fingerprint density at radius 2 is 1.68 bits per heavy atom. The second-order valence-corrected chi connectivity index (χ2v) is 9.74. The summed E-state index contributed by atoms with van der Waals surface area (Å²) in [4.78, 5) is 13.9. The van der Waals surface area contributed by atoms with E-state index in [-0.39, 0.29) is 30.1 Å². The van der Waals surface area contributed by atoms with Crippen molar-refractivity contribution in [2.24, 2.45) is 5.92 Å². The SMILES string of the molecule is CC.CC.CC/C(=C\C=C/C(C)C)C(F)(F)F.CNc1ccccc1OC1(C)CCCN(C(=O)OC(C)C)CC1. The first-order chi connectivity index (χ1) is 18.8. The molecular weight excluding hydrogens is 517 g/mol. The summed E-state index contributed by atoms with van der Waals surface area (Å²) in [5.74, 6) is 1.14. The van der Waals surface area contributed by atoms with Crippen LogP contribution in [0.5, 0.6) is 5.75 Å². The summed E-state index contributed by atoms with van der Waals surface area (Å²) in [5, 5.41) is 3.16. The van der Waals surface area contributed by atoms with Gasteiger partial charge in [0.15, 0.2) is 0 Å². The van der Waals surface area contributed by atoms with Crippen molar-refractivity contribution in [3.8, 4) is 5.75 Å². The predicted octanol–water partition coefficient (Wildman–Crippen LogP) is 10.0. The van der Waals surface area contributed by atoms with Gasteiger partial charge in [0, 0.05) is 32.1 Å². The van der Waals surface area contributed by atoms with Gasteiger partial charge in [-0.15, -0.1) is 0 Å². The summed E-state index contributed by atoms with van der Waals surface area (Å²) in [7, 11) is 1.89. The van der Waals surface area contributed by atoms with E-state index in [1.54, 1.807) is 11.0 Å². The zero-order valence-electron chi connectivity index (χ0n) is 26.7. The largest absolute Gasteiger partial charge is 0.485 e. The first-order valence-electron chi connectivity index (χ1n) is 14.7. The van der Waals surface area contributed by atoms with Gasteiger partial charge in [-0.3, -0.25) is 0 Å². The van der Waals surface area contributed by atoms with Gasteiger partial charge in [0.25, 0.3) is 0 Å². The highest BCUT2D eigenvalue weighted by Crippen LogP contribution is 2.33. The molecule has 5 nitrogen and oxygen atoms in total. The van der Waals surface area contributed by atoms with Gasteiger partial charge in [0.2, 0.25) is 0 Å². The molecule has 1 amide bonds. The second kappa shape index (κ2) is 21.2. The topological polar surface area (TPSA) is 50.8 Å². The van der Waals surface area contributed by atoms with Crippen molar-refractivity contribution >= 4 is 11.8 Å². The number of halogens is 3. The number of alkyl halides is 3. The number of nitrogens with zero attached hydrogens (tertiary/aromatic N) is 1. The van der Waals surface area contributed by atoms with Crippen molar-refractivity contribution in [2.45, 2.75) is 113 Å². The van der Waals surface area contributed by atoms with Gasteiger partial charge in [-0.1, -0.05) is 78.8 Å². The Morgan fingerprint density at radius 3 is 2.17 bits per heavy atom. The number of hydrogen-bond acceptors (Lipinski definition) is 4. The van der Waals surface area contributed by atoms with Gasteiger partial charge in [-0.25, -0.2) is 4.79 Å². The lowest BCUT2D eigenvalue weighted by Gasteiger charge is -2.30. The number of anilines is 1. The normalized spacial score (nSPS) is 17.5. The van der Waals surface area contributed by atoms with Crippen molar-refractivity contribution < 1.29 is 27.4 Å². The Morgan fingerprint density at radius 1 is 1.07 bits per heavy atom. The summed E-state index contributed by atoms with van der Waals surface area (Å²) in [5.41, 5.74) is 0.221. The molecule has 40 heavy (non-hydrogen) atoms. The molecule has 0 bridgehead atoms. The number of amides is 1. The summed E-state index contributed by atoms with van der Waals surface area (Å²) in [6, 6.07) is 7.94. The number of rotatable bonds is 7. The number of carbonyl (C=O) groups excluding carboxylic acids is 1. The molecule has 1 aliphatic heterocycles. The van der Waals surface area contributed by atoms with Gasteiger partial charge in [0.05, 0.1) is 11.8 Å². The van der Waals surface area contributed by atoms with Crippen LogP contribution in [0.4, 0.5) is 23.7 Å². The van der Waals surface area contributed by atoms with E-state index >= 15 is 0 Å². The van der Waals surface area contributed by atoms with Crippen LogP contribution in [0.25, 0.3) is 0 Å². The van der Waals surface area contributed by atoms with Crippen LogP contribution in [0.15, 0.2) is 48.1 Å². The fourth-order valence-corrected chi connectivity index (χ4v) is 3.65. The maximum absolute atomic E-state index is 12.1. The lowest BCUT2D eigenvalue weighted by atomic mass is 9.97. The molecule has 0 radical (unpaired) electrons. The van der Waals surface area contributed by atoms with Crippen molar-refractivity contribution in [3.05, 3.63) is 48.1 Å². The minimum absolute atomic E-state index is 0.0198. The average Bonchev–Trinajstić information content (AvgIpc) is 3.10. The van der Waals surface area contributed by atoms with Gasteiger partial charge in [-0.05, 0) is 58.1 Å².